The van der Waals surface area contributed by atoms with E-state index < -0.39 is 5.54 Å². The Morgan fingerprint density at radius 2 is 2.05 bits per heavy atom. The summed E-state index contributed by atoms with van der Waals surface area (Å²) in [7, 11) is 0. The van der Waals surface area contributed by atoms with E-state index in [1.807, 2.05) is 31.2 Å². The summed E-state index contributed by atoms with van der Waals surface area (Å²) in [6.45, 7) is 1.98. The van der Waals surface area contributed by atoms with Gasteiger partial charge in [-0.1, -0.05) is 42.3 Å². The third-order valence-electron chi connectivity index (χ3n) is 4.05. The molecule has 0 atom stereocenters. The van der Waals surface area contributed by atoms with E-state index in [2.05, 4.69) is 10.5 Å². The van der Waals surface area contributed by atoms with Crippen LogP contribution >= 0.6 is 0 Å². The molecule has 0 bridgehead atoms. The quantitative estimate of drug-likeness (QED) is 0.338. The van der Waals surface area contributed by atoms with Crippen molar-refractivity contribution >= 4 is 11.7 Å². The second-order valence-electron chi connectivity index (χ2n) is 5.43. The lowest BCUT2D eigenvalue weighted by Crippen LogP contribution is -2.56. The first-order chi connectivity index (χ1) is 9.57. The van der Waals surface area contributed by atoms with Gasteiger partial charge in [0.1, 0.15) is 5.54 Å². The molecule has 0 aliphatic heterocycles. The van der Waals surface area contributed by atoms with Gasteiger partial charge in [0.15, 0.2) is 5.84 Å². The van der Waals surface area contributed by atoms with Gasteiger partial charge in [0, 0.05) is 0 Å². The molecule has 108 valence electrons. The zero-order valence-electron chi connectivity index (χ0n) is 11.7. The fourth-order valence-electron chi connectivity index (χ4n) is 2.81. The second-order valence-corrected chi connectivity index (χ2v) is 5.43. The van der Waals surface area contributed by atoms with Crippen LogP contribution < -0.4 is 11.1 Å². The number of hydrogen-bond donors (Lipinski definition) is 3. The molecule has 0 unspecified atom stereocenters. The summed E-state index contributed by atoms with van der Waals surface area (Å²) in [6.07, 6.45) is 3.71. The standard InChI is InChI=1S/C15H21N3O2/c1-11-6-2-3-7-12(11)10-13(19)17-15(14(16)18-20)8-4-5-9-15/h2-3,6-7,20H,4-5,8-10H2,1H3,(H2,16,18)(H,17,19). The first kappa shape index (κ1) is 14.4. The molecule has 0 aromatic heterocycles. The molecule has 2 rings (SSSR count). The average molecular weight is 275 g/mol. The highest BCUT2D eigenvalue weighted by Crippen LogP contribution is 2.30. The van der Waals surface area contributed by atoms with Crippen LogP contribution in [0.4, 0.5) is 0 Å². The summed E-state index contributed by atoms with van der Waals surface area (Å²) in [5.41, 5.74) is 7.19. The minimum absolute atomic E-state index is 0.0900. The van der Waals surface area contributed by atoms with Crippen molar-refractivity contribution in [2.75, 3.05) is 0 Å². The van der Waals surface area contributed by atoms with Gasteiger partial charge in [0.25, 0.3) is 0 Å². The highest BCUT2D eigenvalue weighted by Gasteiger charge is 2.39. The molecule has 0 radical (unpaired) electrons. The molecule has 5 heteroatoms. The van der Waals surface area contributed by atoms with Gasteiger partial charge in [-0.25, -0.2) is 0 Å². The molecule has 0 spiro atoms. The Kier molecular flexibility index (Phi) is 4.27. The normalized spacial score (nSPS) is 17.9. The monoisotopic (exact) mass is 275 g/mol. The van der Waals surface area contributed by atoms with Gasteiger partial charge < -0.3 is 16.3 Å². The van der Waals surface area contributed by atoms with Crippen LogP contribution in [0.15, 0.2) is 29.4 Å². The molecule has 0 heterocycles. The molecule has 1 aliphatic carbocycles. The fraction of sp³-hybridized carbons (Fsp3) is 0.467. The Morgan fingerprint density at radius 3 is 2.65 bits per heavy atom. The molecule has 5 nitrogen and oxygen atoms in total. The van der Waals surface area contributed by atoms with Crippen molar-refractivity contribution in [3.8, 4) is 0 Å². The maximum atomic E-state index is 12.2. The largest absolute Gasteiger partial charge is 0.409 e. The zero-order valence-corrected chi connectivity index (χ0v) is 11.7. The highest BCUT2D eigenvalue weighted by molar-refractivity contribution is 5.94. The molecule has 1 aromatic rings. The minimum atomic E-state index is -0.672. The van der Waals surface area contributed by atoms with Crippen LogP contribution in [-0.2, 0) is 11.2 Å². The number of aryl methyl sites for hydroxylation is 1. The molecule has 1 fully saturated rings. The Hall–Kier alpha value is -2.04. The summed E-state index contributed by atoms with van der Waals surface area (Å²) in [5.74, 6) is 0.0148. The van der Waals surface area contributed by atoms with E-state index in [0.717, 1.165) is 36.8 Å². The van der Waals surface area contributed by atoms with Gasteiger partial charge in [-0.2, -0.15) is 0 Å². The van der Waals surface area contributed by atoms with Gasteiger partial charge in [0.05, 0.1) is 6.42 Å². The fourth-order valence-corrected chi connectivity index (χ4v) is 2.81. The van der Waals surface area contributed by atoms with Gasteiger partial charge in [0.2, 0.25) is 5.91 Å². The topological polar surface area (TPSA) is 87.7 Å². The lowest BCUT2D eigenvalue weighted by atomic mass is 9.95. The van der Waals surface area contributed by atoms with Gasteiger partial charge in [-0.15, -0.1) is 0 Å². The van der Waals surface area contributed by atoms with Crippen molar-refractivity contribution in [1.82, 2.24) is 5.32 Å². The Morgan fingerprint density at radius 1 is 1.40 bits per heavy atom. The molecular weight excluding hydrogens is 254 g/mol. The van der Waals surface area contributed by atoms with Gasteiger partial charge >= 0.3 is 0 Å². The number of amides is 1. The Labute approximate surface area is 118 Å². The Bertz CT molecular complexity index is 520. The van der Waals surface area contributed by atoms with Crippen molar-refractivity contribution in [2.24, 2.45) is 10.9 Å². The van der Waals surface area contributed by atoms with E-state index in [1.165, 1.54) is 0 Å². The van der Waals surface area contributed by atoms with Crippen molar-refractivity contribution in [3.05, 3.63) is 35.4 Å². The average Bonchev–Trinajstić information content (AvgIpc) is 2.90. The van der Waals surface area contributed by atoms with Crippen molar-refractivity contribution < 1.29 is 10.0 Å². The predicted molar refractivity (Wildman–Crippen MR) is 77.6 cm³/mol. The maximum Gasteiger partial charge on any atom is 0.225 e. The van der Waals surface area contributed by atoms with E-state index in [4.69, 9.17) is 10.9 Å². The number of oxime groups is 1. The predicted octanol–water partition coefficient (Wildman–Crippen LogP) is 1.71. The number of nitrogens with two attached hydrogens (primary N) is 1. The first-order valence-electron chi connectivity index (χ1n) is 6.91. The molecule has 1 aliphatic rings. The summed E-state index contributed by atoms with van der Waals surface area (Å²) < 4.78 is 0. The third kappa shape index (κ3) is 2.92. The molecular formula is C15H21N3O2. The highest BCUT2D eigenvalue weighted by atomic mass is 16.4. The van der Waals surface area contributed by atoms with Crippen LogP contribution in [0.1, 0.15) is 36.8 Å². The summed E-state index contributed by atoms with van der Waals surface area (Å²) >= 11 is 0. The minimum Gasteiger partial charge on any atom is -0.409 e. The number of hydrogen-bond acceptors (Lipinski definition) is 3. The van der Waals surface area contributed by atoms with E-state index in [9.17, 15) is 4.79 Å². The maximum absolute atomic E-state index is 12.2. The van der Waals surface area contributed by atoms with Crippen LogP contribution in [0.5, 0.6) is 0 Å². The van der Waals surface area contributed by atoms with Gasteiger partial charge in [-0.3, -0.25) is 4.79 Å². The zero-order chi connectivity index (χ0) is 14.6. The molecule has 4 N–H and O–H groups in total. The van der Waals surface area contributed by atoms with Crippen LogP contribution in [0.2, 0.25) is 0 Å². The van der Waals surface area contributed by atoms with E-state index in [1.54, 1.807) is 0 Å². The lowest BCUT2D eigenvalue weighted by Gasteiger charge is -2.28. The third-order valence-corrected chi connectivity index (χ3v) is 4.05. The van der Waals surface area contributed by atoms with Gasteiger partial charge in [-0.05, 0) is 30.9 Å². The lowest BCUT2D eigenvalue weighted by molar-refractivity contribution is -0.121. The van der Waals surface area contributed by atoms with Crippen LogP contribution in [-0.4, -0.2) is 22.5 Å². The Balaban J connectivity index is 2.08. The van der Waals surface area contributed by atoms with Crippen molar-refractivity contribution in [1.29, 1.82) is 0 Å². The number of carbonyl (C=O) groups is 1. The number of rotatable bonds is 4. The van der Waals surface area contributed by atoms with E-state index in [0.29, 0.717) is 6.42 Å². The summed E-state index contributed by atoms with van der Waals surface area (Å²) in [5, 5.41) is 15.0. The number of nitrogens with one attached hydrogen (secondary N) is 1. The van der Waals surface area contributed by atoms with E-state index >= 15 is 0 Å². The van der Waals surface area contributed by atoms with E-state index in [-0.39, 0.29) is 11.7 Å². The summed E-state index contributed by atoms with van der Waals surface area (Å²) in [4.78, 5) is 12.2. The molecule has 1 amide bonds. The first-order valence-corrected chi connectivity index (χ1v) is 6.91. The van der Waals surface area contributed by atoms with Crippen LogP contribution in [0.3, 0.4) is 0 Å². The van der Waals surface area contributed by atoms with Crippen LogP contribution in [0, 0.1) is 6.92 Å². The molecule has 20 heavy (non-hydrogen) atoms. The smallest absolute Gasteiger partial charge is 0.225 e. The summed E-state index contributed by atoms with van der Waals surface area (Å²) in [6, 6.07) is 7.80. The van der Waals surface area contributed by atoms with Crippen molar-refractivity contribution in [2.45, 2.75) is 44.6 Å². The number of nitrogens with zero attached hydrogens (tertiary/aromatic N) is 1. The molecule has 1 saturated carbocycles. The molecule has 1 aromatic carbocycles. The van der Waals surface area contributed by atoms with Crippen LogP contribution in [0.25, 0.3) is 0 Å². The number of benzene rings is 1. The van der Waals surface area contributed by atoms with Crippen molar-refractivity contribution in [3.63, 3.8) is 0 Å². The second kappa shape index (κ2) is 5.94. The number of amidine groups is 1. The number of carbonyl (C=O) groups excluding carboxylic acids is 1. The SMILES string of the molecule is Cc1ccccc1CC(=O)NC1(/C(N)=N/O)CCCC1. The molecule has 0 saturated heterocycles.